The molecule has 1 aromatic heterocycles. The summed E-state index contributed by atoms with van der Waals surface area (Å²) in [5.41, 5.74) is 2.22. The van der Waals surface area contributed by atoms with Crippen LogP contribution < -0.4 is 0 Å². The number of carbonyl (C=O) groups is 1. The van der Waals surface area contributed by atoms with Gasteiger partial charge in [-0.25, -0.2) is 9.78 Å². The summed E-state index contributed by atoms with van der Waals surface area (Å²) in [6, 6.07) is 5.69. The van der Waals surface area contributed by atoms with Crippen molar-refractivity contribution in [3.63, 3.8) is 0 Å². The van der Waals surface area contributed by atoms with Gasteiger partial charge in [-0.15, -0.1) is 0 Å². The van der Waals surface area contributed by atoms with E-state index in [0.717, 1.165) is 15.6 Å². The van der Waals surface area contributed by atoms with Crippen LogP contribution in [0.5, 0.6) is 0 Å². The van der Waals surface area contributed by atoms with Gasteiger partial charge in [0.05, 0.1) is 11.3 Å². The highest BCUT2D eigenvalue weighted by molar-refractivity contribution is 9.10. The first-order valence-electron chi connectivity index (χ1n) is 4.96. The molecule has 0 fully saturated rings. The fraction of sp³-hybridized carbons (Fsp3) is 0.167. The van der Waals surface area contributed by atoms with Crippen LogP contribution in [0, 0.1) is 13.8 Å². The van der Waals surface area contributed by atoms with E-state index in [9.17, 15) is 4.79 Å². The number of oxazole rings is 1. The number of hydrogen-bond acceptors (Lipinski definition) is 3. The van der Waals surface area contributed by atoms with Gasteiger partial charge in [0.2, 0.25) is 11.7 Å². The number of aryl methyl sites for hydroxylation is 2. The van der Waals surface area contributed by atoms with Crippen molar-refractivity contribution in [2.45, 2.75) is 13.8 Å². The second-order valence-corrected chi connectivity index (χ2v) is 4.58. The molecule has 0 radical (unpaired) electrons. The van der Waals surface area contributed by atoms with E-state index in [1.54, 1.807) is 6.92 Å². The van der Waals surface area contributed by atoms with Crippen LogP contribution in [0.1, 0.15) is 21.8 Å². The molecule has 0 aliphatic rings. The zero-order valence-corrected chi connectivity index (χ0v) is 10.9. The van der Waals surface area contributed by atoms with Gasteiger partial charge in [-0.05, 0) is 47.5 Å². The Hall–Kier alpha value is -1.62. The number of nitrogens with zero attached hydrogens (tertiary/aromatic N) is 1. The standard InChI is InChI=1S/C12H10BrNO3/c1-6-3-4-8(9(13)5-6)11-14-7(2)10(17-11)12(15)16/h3-5H,1-2H3,(H,15,16). The van der Waals surface area contributed by atoms with Crippen molar-refractivity contribution < 1.29 is 14.3 Å². The predicted octanol–water partition coefficient (Wildman–Crippen LogP) is 3.42. The molecule has 0 aliphatic carbocycles. The molecule has 0 amide bonds. The first kappa shape index (κ1) is 11.9. The molecule has 0 saturated heterocycles. The van der Waals surface area contributed by atoms with Crippen molar-refractivity contribution in [2.75, 3.05) is 0 Å². The van der Waals surface area contributed by atoms with Crippen LogP contribution in [0.2, 0.25) is 0 Å². The third-order valence-corrected chi connectivity index (χ3v) is 3.00. The quantitative estimate of drug-likeness (QED) is 0.922. The van der Waals surface area contributed by atoms with E-state index in [1.165, 1.54) is 0 Å². The van der Waals surface area contributed by atoms with Crippen molar-refractivity contribution >= 4 is 21.9 Å². The third kappa shape index (κ3) is 2.24. The van der Waals surface area contributed by atoms with Gasteiger partial charge in [0.15, 0.2) is 0 Å². The van der Waals surface area contributed by atoms with E-state index in [1.807, 2.05) is 25.1 Å². The Morgan fingerprint density at radius 1 is 1.41 bits per heavy atom. The van der Waals surface area contributed by atoms with Gasteiger partial charge in [-0.2, -0.15) is 0 Å². The average molecular weight is 296 g/mol. The molecule has 0 atom stereocenters. The molecule has 2 rings (SSSR count). The van der Waals surface area contributed by atoms with Crippen LogP contribution in [0.4, 0.5) is 0 Å². The van der Waals surface area contributed by atoms with Gasteiger partial charge in [0.25, 0.3) is 0 Å². The highest BCUT2D eigenvalue weighted by Crippen LogP contribution is 2.29. The molecule has 2 aromatic rings. The summed E-state index contributed by atoms with van der Waals surface area (Å²) in [7, 11) is 0. The highest BCUT2D eigenvalue weighted by atomic mass is 79.9. The fourth-order valence-corrected chi connectivity index (χ4v) is 2.17. The lowest BCUT2D eigenvalue weighted by atomic mass is 10.1. The minimum absolute atomic E-state index is 0.118. The Bertz CT molecular complexity index is 589. The molecule has 1 N–H and O–H groups in total. The van der Waals surface area contributed by atoms with Crippen molar-refractivity contribution in [3.8, 4) is 11.5 Å². The van der Waals surface area contributed by atoms with Crippen molar-refractivity contribution in [1.82, 2.24) is 4.98 Å². The van der Waals surface area contributed by atoms with Gasteiger partial charge < -0.3 is 9.52 Å². The lowest BCUT2D eigenvalue weighted by Crippen LogP contribution is -1.95. The van der Waals surface area contributed by atoms with Crippen molar-refractivity contribution in [1.29, 1.82) is 0 Å². The molecule has 0 saturated carbocycles. The highest BCUT2D eigenvalue weighted by Gasteiger charge is 2.18. The number of hydrogen-bond donors (Lipinski definition) is 1. The molecular weight excluding hydrogens is 286 g/mol. The minimum Gasteiger partial charge on any atom is -0.475 e. The van der Waals surface area contributed by atoms with Crippen molar-refractivity contribution in [3.05, 3.63) is 39.7 Å². The van der Waals surface area contributed by atoms with Crippen LogP contribution in [-0.4, -0.2) is 16.1 Å². The van der Waals surface area contributed by atoms with Gasteiger partial charge >= 0.3 is 5.97 Å². The molecule has 0 spiro atoms. The summed E-state index contributed by atoms with van der Waals surface area (Å²) in [4.78, 5) is 15.0. The van der Waals surface area contributed by atoms with E-state index in [4.69, 9.17) is 9.52 Å². The van der Waals surface area contributed by atoms with E-state index in [-0.39, 0.29) is 5.76 Å². The zero-order chi connectivity index (χ0) is 12.6. The summed E-state index contributed by atoms with van der Waals surface area (Å²) in [6.07, 6.45) is 0. The Morgan fingerprint density at radius 3 is 2.65 bits per heavy atom. The number of aromatic nitrogens is 1. The predicted molar refractivity (Wildman–Crippen MR) is 66.1 cm³/mol. The molecular formula is C12H10BrNO3. The Kier molecular flexibility index (Phi) is 3.02. The maximum absolute atomic E-state index is 10.9. The minimum atomic E-state index is -1.11. The lowest BCUT2D eigenvalue weighted by Gasteiger charge is -2.00. The third-order valence-electron chi connectivity index (χ3n) is 2.35. The van der Waals surface area contributed by atoms with Gasteiger partial charge in [-0.3, -0.25) is 0 Å². The lowest BCUT2D eigenvalue weighted by molar-refractivity contribution is 0.0662. The van der Waals surface area contributed by atoms with Crippen molar-refractivity contribution in [2.24, 2.45) is 0 Å². The SMILES string of the molecule is Cc1ccc(-c2nc(C)c(C(=O)O)o2)c(Br)c1. The number of rotatable bonds is 2. The fourth-order valence-electron chi connectivity index (χ4n) is 1.50. The molecule has 1 aromatic carbocycles. The van der Waals surface area contributed by atoms with Crippen LogP contribution in [0.25, 0.3) is 11.5 Å². The summed E-state index contributed by atoms with van der Waals surface area (Å²) in [5, 5.41) is 8.89. The summed E-state index contributed by atoms with van der Waals surface area (Å²) >= 11 is 3.41. The molecule has 17 heavy (non-hydrogen) atoms. The maximum Gasteiger partial charge on any atom is 0.373 e. The van der Waals surface area contributed by atoms with Gasteiger partial charge in [0.1, 0.15) is 0 Å². The average Bonchev–Trinajstić information content (AvgIpc) is 2.60. The second kappa shape index (κ2) is 4.33. The van der Waals surface area contributed by atoms with Crippen LogP contribution in [0.3, 0.4) is 0 Å². The molecule has 0 aliphatic heterocycles. The van der Waals surface area contributed by atoms with Gasteiger partial charge in [-0.1, -0.05) is 6.07 Å². The number of benzene rings is 1. The summed E-state index contributed by atoms with van der Waals surface area (Å²) in [5.74, 6) is -0.913. The van der Waals surface area contributed by atoms with E-state index in [2.05, 4.69) is 20.9 Å². The first-order valence-corrected chi connectivity index (χ1v) is 5.75. The number of carboxylic acid groups (broad SMARTS) is 1. The molecule has 4 nitrogen and oxygen atoms in total. The number of aromatic carboxylic acids is 1. The molecule has 0 bridgehead atoms. The van der Waals surface area contributed by atoms with Crippen LogP contribution >= 0.6 is 15.9 Å². The van der Waals surface area contributed by atoms with Crippen LogP contribution in [0.15, 0.2) is 27.1 Å². The molecule has 0 unspecified atom stereocenters. The van der Waals surface area contributed by atoms with E-state index < -0.39 is 5.97 Å². The Morgan fingerprint density at radius 2 is 2.12 bits per heavy atom. The zero-order valence-electron chi connectivity index (χ0n) is 9.32. The topological polar surface area (TPSA) is 63.3 Å². The Balaban J connectivity index is 2.53. The summed E-state index contributed by atoms with van der Waals surface area (Å²) < 4.78 is 6.07. The van der Waals surface area contributed by atoms with Crippen LogP contribution in [-0.2, 0) is 0 Å². The first-order chi connectivity index (χ1) is 7.99. The van der Waals surface area contributed by atoms with E-state index >= 15 is 0 Å². The number of halogens is 1. The molecule has 1 heterocycles. The maximum atomic E-state index is 10.9. The second-order valence-electron chi connectivity index (χ2n) is 3.72. The summed E-state index contributed by atoms with van der Waals surface area (Å²) in [6.45, 7) is 3.58. The smallest absolute Gasteiger partial charge is 0.373 e. The Labute approximate surface area is 106 Å². The monoisotopic (exact) mass is 295 g/mol. The molecule has 88 valence electrons. The van der Waals surface area contributed by atoms with E-state index in [0.29, 0.717) is 11.6 Å². The number of carboxylic acids is 1. The molecule has 5 heteroatoms. The largest absolute Gasteiger partial charge is 0.475 e. The normalized spacial score (nSPS) is 10.5. The van der Waals surface area contributed by atoms with Gasteiger partial charge in [0, 0.05) is 4.47 Å².